The molecule has 0 amide bonds. The van der Waals surface area contributed by atoms with Gasteiger partial charge in [0.15, 0.2) is 0 Å². The lowest BCUT2D eigenvalue weighted by Gasteiger charge is -2.32. The molecule has 0 spiro atoms. The number of aryl methyl sites for hydroxylation is 1. The van der Waals surface area contributed by atoms with Crippen LogP contribution in [-0.4, -0.2) is 37.9 Å². The van der Waals surface area contributed by atoms with Crippen LogP contribution in [-0.2, 0) is 6.54 Å². The summed E-state index contributed by atoms with van der Waals surface area (Å²) >= 11 is 0. The maximum atomic E-state index is 4.81. The van der Waals surface area contributed by atoms with Gasteiger partial charge in [0.05, 0.1) is 11.9 Å². The zero-order chi connectivity index (χ0) is 18.5. The minimum absolute atomic E-state index is 0.398. The summed E-state index contributed by atoms with van der Waals surface area (Å²) in [4.78, 5) is 20.4. The smallest absolute Gasteiger partial charge is 0.150 e. The number of rotatable bonds is 5. The van der Waals surface area contributed by atoms with E-state index < -0.39 is 0 Å². The number of hydrogen-bond acceptors (Lipinski definition) is 6. The molecule has 6 nitrogen and oxygen atoms in total. The lowest BCUT2D eigenvalue weighted by atomic mass is 9.94. The molecule has 1 N–H and O–H groups in total. The van der Waals surface area contributed by atoms with Gasteiger partial charge in [-0.05, 0) is 50.1 Å². The zero-order valence-electron chi connectivity index (χ0n) is 15.5. The quantitative estimate of drug-likeness (QED) is 0.748. The van der Waals surface area contributed by atoms with Gasteiger partial charge in [-0.3, -0.25) is 14.9 Å². The predicted molar refractivity (Wildman–Crippen MR) is 106 cm³/mol. The van der Waals surface area contributed by atoms with Gasteiger partial charge in [0.1, 0.15) is 11.6 Å². The van der Waals surface area contributed by atoms with Crippen LogP contribution in [0.2, 0.25) is 0 Å². The molecule has 4 heterocycles. The summed E-state index contributed by atoms with van der Waals surface area (Å²) in [6.45, 7) is 5.02. The Hall–Kier alpha value is -2.86. The van der Waals surface area contributed by atoms with Crippen LogP contribution in [0.4, 0.5) is 11.6 Å². The Balaban J connectivity index is 1.44. The highest BCUT2D eigenvalue weighted by molar-refractivity contribution is 5.50. The number of anilines is 2. The first-order chi connectivity index (χ1) is 13.3. The Morgan fingerprint density at radius 1 is 1.04 bits per heavy atom. The van der Waals surface area contributed by atoms with Crippen LogP contribution in [0.1, 0.15) is 35.7 Å². The fourth-order valence-corrected chi connectivity index (χ4v) is 3.57. The number of pyridine rings is 2. The van der Waals surface area contributed by atoms with Crippen molar-refractivity contribution in [2.75, 3.05) is 18.4 Å². The minimum atomic E-state index is 0.398. The van der Waals surface area contributed by atoms with E-state index in [1.807, 2.05) is 49.8 Å². The predicted octanol–water partition coefficient (Wildman–Crippen LogP) is 3.70. The molecule has 1 unspecified atom stereocenters. The van der Waals surface area contributed by atoms with E-state index in [2.05, 4.69) is 31.2 Å². The van der Waals surface area contributed by atoms with Crippen molar-refractivity contribution in [3.63, 3.8) is 0 Å². The summed E-state index contributed by atoms with van der Waals surface area (Å²) in [6, 6.07) is 10.0. The van der Waals surface area contributed by atoms with Crippen LogP contribution < -0.4 is 5.32 Å². The van der Waals surface area contributed by atoms with Crippen molar-refractivity contribution < 1.29 is 0 Å². The highest BCUT2D eigenvalue weighted by atomic mass is 15.1. The molecule has 138 valence electrons. The molecule has 1 atom stereocenters. The van der Waals surface area contributed by atoms with E-state index in [4.69, 9.17) is 4.98 Å². The SMILES string of the molecule is Cc1cccc(Nc2cncc(C3CCCN(Cc4cccnc4)C3)n2)n1. The summed E-state index contributed by atoms with van der Waals surface area (Å²) in [7, 11) is 0. The van der Waals surface area contributed by atoms with Crippen LogP contribution in [0.25, 0.3) is 0 Å². The number of likely N-dealkylation sites (tertiary alicyclic amines) is 1. The van der Waals surface area contributed by atoms with E-state index >= 15 is 0 Å². The minimum Gasteiger partial charge on any atom is -0.324 e. The summed E-state index contributed by atoms with van der Waals surface area (Å²) in [5.41, 5.74) is 3.27. The summed E-state index contributed by atoms with van der Waals surface area (Å²) in [5.74, 6) is 1.94. The Morgan fingerprint density at radius 3 is 2.85 bits per heavy atom. The van der Waals surface area contributed by atoms with Gasteiger partial charge < -0.3 is 5.32 Å². The summed E-state index contributed by atoms with van der Waals surface area (Å²) in [6.07, 6.45) is 9.73. The molecule has 0 aromatic carbocycles. The fraction of sp³-hybridized carbons (Fsp3) is 0.333. The molecule has 1 fully saturated rings. The first-order valence-electron chi connectivity index (χ1n) is 9.40. The monoisotopic (exact) mass is 360 g/mol. The molecule has 4 rings (SSSR count). The molecule has 0 saturated carbocycles. The van der Waals surface area contributed by atoms with Crippen molar-refractivity contribution in [1.29, 1.82) is 0 Å². The molecular weight excluding hydrogens is 336 g/mol. The standard InChI is InChI=1S/C21H24N6/c1-16-5-2-8-20(24-16)26-21-13-23-12-19(25-21)18-7-4-10-27(15-18)14-17-6-3-9-22-11-17/h2-3,5-6,8-9,11-13,18H,4,7,10,14-15H2,1H3,(H,24,25,26). The van der Waals surface area contributed by atoms with E-state index in [1.165, 1.54) is 12.0 Å². The molecule has 0 radical (unpaired) electrons. The topological polar surface area (TPSA) is 66.8 Å². The summed E-state index contributed by atoms with van der Waals surface area (Å²) in [5, 5.41) is 3.27. The van der Waals surface area contributed by atoms with Crippen molar-refractivity contribution in [1.82, 2.24) is 24.8 Å². The van der Waals surface area contributed by atoms with Gasteiger partial charge in [0.2, 0.25) is 0 Å². The third-order valence-electron chi connectivity index (χ3n) is 4.85. The molecule has 1 aliphatic rings. The van der Waals surface area contributed by atoms with Crippen molar-refractivity contribution in [3.8, 4) is 0 Å². The highest BCUT2D eigenvalue weighted by Crippen LogP contribution is 2.27. The van der Waals surface area contributed by atoms with Gasteiger partial charge in [0.25, 0.3) is 0 Å². The maximum Gasteiger partial charge on any atom is 0.150 e. The van der Waals surface area contributed by atoms with E-state index in [1.54, 1.807) is 6.20 Å². The Morgan fingerprint density at radius 2 is 2.00 bits per heavy atom. The molecule has 27 heavy (non-hydrogen) atoms. The molecule has 6 heteroatoms. The molecular formula is C21H24N6. The van der Waals surface area contributed by atoms with Crippen LogP contribution in [0, 0.1) is 6.92 Å². The number of hydrogen-bond donors (Lipinski definition) is 1. The number of nitrogens with zero attached hydrogens (tertiary/aromatic N) is 5. The maximum absolute atomic E-state index is 4.81. The van der Waals surface area contributed by atoms with E-state index in [-0.39, 0.29) is 0 Å². The number of aromatic nitrogens is 4. The average Bonchev–Trinajstić information content (AvgIpc) is 2.69. The Labute approximate surface area is 159 Å². The average molecular weight is 360 g/mol. The number of piperidine rings is 1. The molecule has 3 aromatic heterocycles. The van der Waals surface area contributed by atoms with Crippen LogP contribution in [0.3, 0.4) is 0 Å². The van der Waals surface area contributed by atoms with E-state index in [9.17, 15) is 0 Å². The van der Waals surface area contributed by atoms with Crippen molar-refractivity contribution in [2.45, 2.75) is 32.2 Å². The first-order valence-corrected chi connectivity index (χ1v) is 9.40. The van der Waals surface area contributed by atoms with Gasteiger partial charge in [-0.1, -0.05) is 12.1 Å². The lowest BCUT2D eigenvalue weighted by molar-refractivity contribution is 0.198. The van der Waals surface area contributed by atoms with Crippen LogP contribution >= 0.6 is 0 Å². The Kier molecular flexibility index (Phi) is 5.34. The third kappa shape index (κ3) is 4.65. The van der Waals surface area contributed by atoms with Crippen LogP contribution in [0.15, 0.2) is 55.1 Å². The fourth-order valence-electron chi connectivity index (χ4n) is 3.57. The van der Waals surface area contributed by atoms with E-state index in [0.717, 1.165) is 49.1 Å². The molecule has 1 saturated heterocycles. The van der Waals surface area contributed by atoms with Gasteiger partial charge in [0, 0.05) is 43.3 Å². The molecule has 0 aliphatic carbocycles. The van der Waals surface area contributed by atoms with Crippen molar-refractivity contribution in [3.05, 3.63) is 72.1 Å². The number of nitrogens with one attached hydrogen (secondary N) is 1. The summed E-state index contributed by atoms with van der Waals surface area (Å²) < 4.78 is 0. The van der Waals surface area contributed by atoms with Gasteiger partial charge in [-0.15, -0.1) is 0 Å². The first kappa shape index (κ1) is 17.5. The van der Waals surface area contributed by atoms with Gasteiger partial charge in [-0.25, -0.2) is 9.97 Å². The normalized spacial score (nSPS) is 17.6. The van der Waals surface area contributed by atoms with Crippen molar-refractivity contribution in [2.24, 2.45) is 0 Å². The second-order valence-electron chi connectivity index (χ2n) is 7.05. The third-order valence-corrected chi connectivity index (χ3v) is 4.85. The van der Waals surface area contributed by atoms with Crippen LogP contribution in [0.5, 0.6) is 0 Å². The largest absolute Gasteiger partial charge is 0.324 e. The second kappa shape index (κ2) is 8.22. The van der Waals surface area contributed by atoms with Crippen molar-refractivity contribution >= 4 is 11.6 Å². The molecule has 0 bridgehead atoms. The molecule has 1 aliphatic heterocycles. The second-order valence-corrected chi connectivity index (χ2v) is 7.05. The highest BCUT2D eigenvalue weighted by Gasteiger charge is 2.23. The van der Waals surface area contributed by atoms with E-state index in [0.29, 0.717) is 5.92 Å². The zero-order valence-corrected chi connectivity index (χ0v) is 15.5. The lowest BCUT2D eigenvalue weighted by Crippen LogP contribution is -2.34. The van der Waals surface area contributed by atoms with Gasteiger partial charge >= 0.3 is 0 Å². The molecule has 3 aromatic rings. The Bertz CT molecular complexity index is 883. The van der Waals surface area contributed by atoms with Gasteiger partial charge in [-0.2, -0.15) is 0 Å².